The van der Waals surface area contributed by atoms with E-state index in [1.165, 1.54) is 9.75 Å². The van der Waals surface area contributed by atoms with Crippen molar-refractivity contribution in [1.29, 1.82) is 0 Å². The van der Waals surface area contributed by atoms with Crippen molar-refractivity contribution >= 4 is 11.3 Å². The molecule has 0 saturated carbocycles. The molecule has 1 aromatic rings. The smallest absolute Gasteiger partial charge is 0.0222 e. The molecule has 0 fully saturated rings. The predicted molar refractivity (Wildman–Crippen MR) is 60.0 cm³/mol. The summed E-state index contributed by atoms with van der Waals surface area (Å²) in [6.45, 7) is 6.29. The van der Waals surface area contributed by atoms with Crippen molar-refractivity contribution in [2.45, 2.75) is 33.6 Å². The first-order chi connectivity index (χ1) is 6.26. The molecule has 0 nitrogen and oxygen atoms in total. The molecule has 0 aliphatic rings. The number of thiophene rings is 1. The quantitative estimate of drug-likeness (QED) is 0.643. The summed E-state index contributed by atoms with van der Waals surface area (Å²) in [6.07, 6.45) is 2.25. The van der Waals surface area contributed by atoms with Gasteiger partial charge in [-0.1, -0.05) is 13.8 Å². The highest BCUT2D eigenvalue weighted by molar-refractivity contribution is 7.11. The maximum atomic E-state index is 3.18. The summed E-state index contributed by atoms with van der Waals surface area (Å²) in [7, 11) is 0. The Balaban J connectivity index is 2.56. The lowest BCUT2D eigenvalue weighted by molar-refractivity contribution is 0.760. The van der Waals surface area contributed by atoms with Crippen LogP contribution in [0.3, 0.4) is 0 Å². The molecule has 1 aromatic heterocycles. The SMILES string of the molecule is CC#CC(C)Cc1ccc(CC)s1. The molecule has 0 aliphatic heterocycles. The minimum Gasteiger partial charge on any atom is -0.145 e. The van der Waals surface area contributed by atoms with E-state index in [9.17, 15) is 0 Å². The van der Waals surface area contributed by atoms with Gasteiger partial charge in [0.25, 0.3) is 0 Å². The zero-order valence-electron chi connectivity index (χ0n) is 8.55. The molecule has 1 unspecified atom stereocenters. The average Bonchev–Trinajstić information content (AvgIpc) is 2.52. The van der Waals surface area contributed by atoms with Gasteiger partial charge >= 0.3 is 0 Å². The molecule has 70 valence electrons. The Morgan fingerprint density at radius 1 is 1.38 bits per heavy atom. The van der Waals surface area contributed by atoms with Gasteiger partial charge in [0.2, 0.25) is 0 Å². The summed E-state index contributed by atoms with van der Waals surface area (Å²) in [4.78, 5) is 2.94. The van der Waals surface area contributed by atoms with Crippen LogP contribution in [-0.2, 0) is 12.8 Å². The molecule has 0 spiro atoms. The third-order valence-corrected chi connectivity index (χ3v) is 3.22. The van der Waals surface area contributed by atoms with Crippen LogP contribution >= 0.6 is 11.3 Å². The van der Waals surface area contributed by atoms with Crippen molar-refractivity contribution in [3.63, 3.8) is 0 Å². The summed E-state index contributed by atoms with van der Waals surface area (Å²) < 4.78 is 0. The van der Waals surface area contributed by atoms with Crippen LogP contribution in [0.15, 0.2) is 12.1 Å². The maximum absolute atomic E-state index is 3.18. The third-order valence-electron chi connectivity index (χ3n) is 1.96. The molecule has 0 N–H and O–H groups in total. The molecular formula is C12H16S. The van der Waals surface area contributed by atoms with Gasteiger partial charge in [-0.2, -0.15) is 0 Å². The summed E-state index contributed by atoms with van der Waals surface area (Å²) in [6, 6.07) is 4.46. The van der Waals surface area contributed by atoms with E-state index in [0.717, 1.165) is 12.8 Å². The summed E-state index contributed by atoms with van der Waals surface area (Å²) in [5, 5.41) is 0. The minimum absolute atomic E-state index is 0.494. The van der Waals surface area contributed by atoms with Gasteiger partial charge in [0, 0.05) is 15.7 Å². The molecule has 0 aromatic carbocycles. The molecule has 0 saturated heterocycles. The van der Waals surface area contributed by atoms with Crippen molar-refractivity contribution in [3.05, 3.63) is 21.9 Å². The van der Waals surface area contributed by atoms with Crippen LogP contribution in [0.5, 0.6) is 0 Å². The first-order valence-electron chi connectivity index (χ1n) is 4.76. The van der Waals surface area contributed by atoms with E-state index in [0.29, 0.717) is 5.92 Å². The van der Waals surface area contributed by atoms with E-state index in [1.807, 2.05) is 18.3 Å². The fourth-order valence-electron chi connectivity index (χ4n) is 1.32. The number of aryl methyl sites for hydroxylation is 1. The van der Waals surface area contributed by atoms with Gasteiger partial charge in [-0.25, -0.2) is 0 Å². The van der Waals surface area contributed by atoms with Crippen molar-refractivity contribution in [1.82, 2.24) is 0 Å². The van der Waals surface area contributed by atoms with Gasteiger partial charge in [0.15, 0.2) is 0 Å². The average molecular weight is 192 g/mol. The van der Waals surface area contributed by atoms with Gasteiger partial charge in [-0.3, -0.25) is 0 Å². The largest absolute Gasteiger partial charge is 0.145 e. The van der Waals surface area contributed by atoms with E-state index in [2.05, 4.69) is 37.8 Å². The molecule has 0 aliphatic carbocycles. The highest BCUT2D eigenvalue weighted by Crippen LogP contribution is 2.19. The van der Waals surface area contributed by atoms with Crippen LogP contribution in [0.4, 0.5) is 0 Å². The highest BCUT2D eigenvalue weighted by Gasteiger charge is 2.02. The summed E-state index contributed by atoms with van der Waals surface area (Å²) >= 11 is 1.92. The molecule has 0 radical (unpaired) electrons. The molecule has 1 rings (SSSR count). The third kappa shape index (κ3) is 3.24. The van der Waals surface area contributed by atoms with E-state index < -0.39 is 0 Å². The molecule has 1 heteroatoms. The predicted octanol–water partition coefficient (Wildman–Crippen LogP) is 3.51. The Morgan fingerprint density at radius 3 is 2.62 bits per heavy atom. The Labute approximate surface area is 85.0 Å². The van der Waals surface area contributed by atoms with Crippen LogP contribution in [0.25, 0.3) is 0 Å². The Bertz CT molecular complexity index is 311. The Kier molecular flexibility index (Phi) is 4.05. The van der Waals surface area contributed by atoms with Gasteiger partial charge < -0.3 is 0 Å². The normalized spacial score (nSPS) is 11.9. The fourth-order valence-corrected chi connectivity index (χ4v) is 2.41. The molecular weight excluding hydrogens is 176 g/mol. The van der Waals surface area contributed by atoms with Crippen LogP contribution in [-0.4, -0.2) is 0 Å². The van der Waals surface area contributed by atoms with Crippen molar-refractivity contribution in [2.24, 2.45) is 5.92 Å². The van der Waals surface area contributed by atoms with Gasteiger partial charge in [0.05, 0.1) is 0 Å². The zero-order chi connectivity index (χ0) is 9.68. The van der Waals surface area contributed by atoms with Crippen LogP contribution in [0.1, 0.15) is 30.5 Å². The fraction of sp³-hybridized carbons (Fsp3) is 0.500. The first kappa shape index (κ1) is 10.3. The lowest BCUT2D eigenvalue weighted by Crippen LogP contribution is -1.93. The van der Waals surface area contributed by atoms with Crippen LogP contribution in [0.2, 0.25) is 0 Å². The first-order valence-corrected chi connectivity index (χ1v) is 5.57. The lowest BCUT2D eigenvalue weighted by atomic mass is 10.1. The number of rotatable bonds is 3. The van der Waals surface area contributed by atoms with Crippen molar-refractivity contribution in [3.8, 4) is 11.8 Å². The van der Waals surface area contributed by atoms with E-state index in [1.54, 1.807) is 0 Å². The van der Waals surface area contributed by atoms with E-state index in [4.69, 9.17) is 0 Å². The van der Waals surface area contributed by atoms with Gasteiger partial charge in [-0.15, -0.1) is 23.2 Å². The van der Waals surface area contributed by atoms with Gasteiger partial charge in [-0.05, 0) is 31.9 Å². The van der Waals surface area contributed by atoms with Crippen molar-refractivity contribution in [2.75, 3.05) is 0 Å². The maximum Gasteiger partial charge on any atom is 0.0222 e. The monoisotopic (exact) mass is 192 g/mol. The van der Waals surface area contributed by atoms with Crippen LogP contribution in [0, 0.1) is 17.8 Å². The number of hydrogen-bond acceptors (Lipinski definition) is 1. The van der Waals surface area contributed by atoms with Crippen LogP contribution < -0.4 is 0 Å². The second-order valence-electron chi connectivity index (χ2n) is 3.22. The Morgan fingerprint density at radius 2 is 2.08 bits per heavy atom. The molecule has 1 atom stereocenters. The highest BCUT2D eigenvalue weighted by atomic mass is 32.1. The minimum atomic E-state index is 0.494. The topological polar surface area (TPSA) is 0 Å². The van der Waals surface area contributed by atoms with Crippen molar-refractivity contribution < 1.29 is 0 Å². The molecule has 13 heavy (non-hydrogen) atoms. The second-order valence-corrected chi connectivity index (χ2v) is 4.47. The number of hydrogen-bond donors (Lipinski definition) is 0. The molecule has 0 bridgehead atoms. The second kappa shape index (κ2) is 5.09. The summed E-state index contributed by atoms with van der Waals surface area (Å²) in [5.74, 6) is 6.63. The lowest BCUT2D eigenvalue weighted by Gasteiger charge is -1.99. The Hall–Kier alpha value is -0.740. The standard InChI is InChI=1S/C12H16S/c1-4-6-10(3)9-12-8-7-11(5-2)13-12/h7-8,10H,5,9H2,1-3H3. The zero-order valence-corrected chi connectivity index (χ0v) is 9.37. The van der Waals surface area contributed by atoms with Gasteiger partial charge in [0.1, 0.15) is 0 Å². The van der Waals surface area contributed by atoms with E-state index in [-0.39, 0.29) is 0 Å². The molecule has 0 amide bonds. The summed E-state index contributed by atoms with van der Waals surface area (Å²) in [5.41, 5.74) is 0. The van der Waals surface area contributed by atoms with E-state index >= 15 is 0 Å². The molecule has 1 heterocycles.